The van der Waals surface area contributed by atoms with Gasteiger partial charge in [-0.3, -0.25) is 4.79 Å². The van der Waals surface area contributed by atoms with Crippen LogP contribution in [0.5, 0.6) is 0 Å². The highest BCUT2D eigenvalue weighted by Gasteiger charge is 2.42. The molecule has 1 atom stereocenters. The number of anilines is 1. The number of aryl methyl sites for hydroxylation is 1. The molecule has 6 rings (SSSR count). The van der Waals surface area contributed by atoms with Crippen molar-refractivity contribution in [3.8, 4) is 6.07 Å². The van der Waals surface area contributed by atoms with E-state index in [4.69, 9.17) is 0 Å². The predicted molar refractivity (Wildman–Crippen MR) is 142 cm³/mol. The quantitative estimate of drug-likeness (QED) is 0.409. The molecular weight excluding hydrogens is 517 g/mol. The van der Waals surface area contributed by atoms with E-state index in [9.17, 15) is 23.2 Å². The van der Waals surface area contributed by atoms with Crippen LogP contribution in [0, 0.1) is 23.2 Å². The Balaban J connectivity index is 1.32. The van der Waals surface area contributed by atoms with Gasteiger partial charge in [-0.1, -0.05) is 12.1 Å². The molecule has 3 aromatic rings. The van der Waals surface area contributed by atoms with Gasteiger partial charge in [-0.05, 0) is 85.9 Å². The number of benzene rings is 2. The number of alkyl halides is 3. The lowest BCUT2D eigenvalue weighted by molar-refractivity contribution is -0.138. The lowest BCUT2D eigenvalue weighted by atomic mass is 9.67. The van der Waals surface area contributed by atoms with E-state index in [1.807, 2.05) is 29.8 Å². The van der Waals surface area contributed by atoms with Crippen LogP contribution in [-0.2, 0) is 26.3 Å². The largest absolute Gasteiger partial charge is 0.416 e. The smallest absolute Gasteiger partial charge is 0.320 e. The Bertz CT molecular complexity index is 1500. The average molecular weight is 549 g/mol. The van der Waals surface area contributed by atoms with Crippen LogP contribution >= 0.6 is 0 Å². The van der Waals surface area contributed by atoms with E-state index in [-0.39, 0.29) is 47.5 Å². The van der Waals surface area contributed by atoms with Gasteiger partial charge in [0.2, 0.25) is 0 Å². The molecule has 10 heteroatoms. The van der Waals surface area contributed by atoms with Crippen molar-refractivity contribution < 1.29 is 18.0 Å². The van der Waals surface area contributed by atoms with Crippen molar-refractivity contribution in [1.29, 1.82) is 5.26 Å². The van der Waals surface area contributed by atoms with Gasteiger partial charge in [-0.2, -0.15) is 18.4 Å². The third kappa shape index (κ3) is 4.66. The number of carbonyl (C=O) groups excluding carboxylic acids is 1. The Morgan fingerprint density at radius 3 is 2.62 bits per heavy atom. The predicted octanol–water partition coefficient (Wildman–Crippen LogP) is 5.71. The molecule has 0 spiro atoms. The Kier molecular flexibility index (Phi) is 6.45. The number of halogens is 3. The summed E-state index contributed by atoms with van der Waals surface area (Å²) in [5.74, 6) is 0.353. The Labute approximate surface area is 231 Å². The Morgan fingerprint density at radius 2 is 2.00 bits per heavy atom. The summed E-state index contributed by atoms with van der Waals surface area (Å²) >= 11 is 0. The number of amides is 1. The third-order valence-corrected chi connectivity index (χ3v) is 8.98. The minimum Gasteiger partial charge on any atom is -0.320 e. The first kappa shape index (κ1) is 26.5. The Hall–Kier alpha value is -3.71. The summed E-state index contributed by atoms with van der Waals surface area (Å²) in [6.45, 7) is 2.21. The van der Waals surface area contributed by atoms with Gasteiger partial charge in [-0.25, -0.2) is 0 Å². The van der Waals surface area contributed by atoms with Crippen LogP contribution in [0.2, 0.25) is 0 Å². The summed E-state index contributed by atoms with van der Waals surface area (Å²) in [4.78, 5) is 15.1. The lowest BCUT2D eigenvalue weighted by Gasteiger charge is -2.39. The molecule has 1 aliphatic heterocycles. The maximum atomic E-state index is 14.2. The lowest BCUT2D eigenvalue weighted by Crippen LogP contribution is -2.47. The van der Waals surface area contributed by atoms with Crippen molar-refractivity contribution in [1.82, 2.24) is 20.1 Å². The maximum absolute atomic E-state index is 14.2. The Morgan fingerprint density at radius 1 is 1.23 bits per heavy atom. The molecule has 0 bridgehead atoms. The SMILES string of the molecule is Cn1cnnc1[C@@H](c1cccc(N2Cc3c(cc(CNC4(C)CCC4)cc3C(F)(F)F)C2=O)c1)[C@H]1C[C@@H](C#N)C1. The zero-order chi connectivity index (χ0) is 28.2. The zero-order valence-corrected chi connectivity index (χ0v) is 22.5. The molecule has 0 saturated heterocycles. The number of nitrogens with zero attached hydrogens (tertiary/aromatic N) is 5. The molecule has 1 N–H and O–H groups in total. The van der Waals surface area contributed by atoms with E-state index >= 15 is 0 Å². The number of rotatable bonds is 7. The molecule has 2 fully saturated rings. The van der Waals surface area contributed by atoms with Crippen molar-refractivity contribution in [2.45, 2.75) is 69.8 Å². The van der Waals surface area contributed by atoms with Crippen molar-refractivity contribution in [2.75, 3.05) is 4.90 Å². The second-order valence-electron chi connectivity index (χ2n) is 11.8. The van der Waals surface area contributed by atoms with Crippen LogP contribution in [0.1, 0.15) is 83.4 Å². The fraction of sp³-hybridized carbons (Fsp3) is 0.467. The number of nitrogens with one attached hydrogen (secondary N) is 1. The van der Waals surface area contributed by atoms with E-state index in [2.05, 4.69) is 28.5 Å². The molecule has 2 saturated carbocycles. The molecule has 208 valence electrons. The van der Waals surface area contributed by atoms with Crippen LogP contribution in [0.25, 0.3) is 0 Å². The van der Waals surface area contributed by atoms with E-state index in [0.29, 0.717) is 11.3 Å². The standard InChI is InChI=1S/C30H31F3N6O/c1-29(7-4-8-29)35-15-19-11-23-24(25(12-19)30(31,32)33)16-39(28(23)40)22-6-3-5-20(13-22)26(21-9-18(10-21)14-34)27-37-36-17-38(27)2/h3,5-6,11-13,17-18,21,26,35H,4,7-10,15-16H2,1-2H3/t18-,21+,26-/m0/s1. The molecule has 0 unspecified atom stereocenters. The van der Waals surface area contributed by atoms with Gasteiger partial charge >= 0.3 is 6.18 Å². The first-order valence-electron chi connectivity index (χ1n) is 13.7. The summed E-state index contributed by atoms with van der Waals surface area (Å²) < 4.78 is 44.5. The van der Waals surface area contributed by atoms with Crippen LogP contribution in [0.3, 0.4) is 0 Å². The van der Waals surface area contributed by atoms with Gasteiger partial charge in [0.15, 0.2) is 0 Å². The maximum Gasteiger partial charge on any atom is 0.416 e. The third-order valence-electron chi connectivity index (χ3n) is 8.98. The summed E-state index contributed by atoms with van der Waals surface area (Å²) in [5.41, 5.74) is 1.20. The van der Waals surface area contributed by atoms with E-state index < -0.39 is 17.6 Å². The minimum atomic E-state index is -4.57. The fourth-order valence-electron chi connectivity index (χ4n) is 6.36. The average Bonchev–Trinajstić information content (AvgIpc) is 3.45. The van der Waals surface area contributed by atoms with Crippen LogP contribution < -0.4 is 10.2 Å². The van der Waals surface area contributed by atoms with E-state index in [0.717, 1.165) is 43.5 Å². The summed E-state index contributed by atoms with van der Waals surface area (Å²) in [5, 5.41) is 21.1. The summed E-state index contributed by atoms with van der Waals surface area (Å²) in [6, 6.07) is 12.5. The van der Waals surface area contributed by atoms with E-state index in [1.165, 1.54) is 11.0 Å². The first-order chi connectivity index (χ1) is 19.1. The zero-order valence-electron chi connectivity index (χ0n) is 22.5. The molecule has 1 aromatic heterocycles. The van der Waals surface area contributed by atoms with Gasteiger partial charge in [0, 0.05) is 42.2 Å². The number of hydrogen-bond acceptors (Lipinski definition) is 5. The molecule has 0 radical (unpaired) electrons. The fourth-order valence-corrected chi connectivity index (χ4v) is 6.36. The molecule has 1 amide bonds. The normalized spacial score (nSPS) is 22.3. The number of aromatic nitrogens is 3. The van der Waals surface area contributed by atoms with Gasteiger partial charge in [0.1, 0.15) is 12.2 Å². The first-order valence-corrected chi connectivity index (χ1v) is 13.7. The molecule has 2 aliphatic carbocycles. The number of hydrogen-bond donors (Lipinski definition) is 1. The number of carbonyl (C=O) groups is 1. The number of nitriles is 1. The van der Waals surface area contributed by atoms with Gasteiger partial charge in [0.25, 0.3) is 5.91 Å². The summed E-state index contributed by atoms with van der Waals surface area (Å²) in [7, 11) is 1.86. The molecular formula is C30H31F3N6O. The summed E-state index contributed by atoms with van der Waals surface area (Å²) in [6.07, 6.45) is 1.60. The highest BCUT2D eigenvalue weighted by Crippen LogP contribution is 2.47. The molecule has 40 heavy (non-hydrogen) atoms. The van der Waals surface area contributed by atoms with Crippen LogP contribution in [0.4, 0.5) is 18.9 Å². The van der Waals surface area contributed by atoms with Crippen molar-refractivity contribution in [3.63, 3.8) is 0 Å². The highest BCUT2D eigenvalue weighted by molar-refractivity contribution is 6.10. The van der Waals surface area contributed by atoms with Gasteiger partial charge in [-0.15, -0.1) is 10.2 Å². The second-order valence-corrected chi connectivity index (χ2v) is 11.8. The van der Waals surface area contributed by atoms with Gasteiger partial charge < -0.3 is 14.8 Å². The highest BCUT2D eigenvalue weighted by atomic mass is 19.4. The number of fused-ring (bicyclic) bond motifs is 1. The molecule has 7 nitrogen and oxygen atoms in total. The second kappa shape index (κ2) is 9.73. The monoisotopic (exact) mass is 548 g/mol. The van der Waals surface area contributed by atoms with Crippen LogP contribution in [0.15, 0.2) is 42.7 Å². The van der Waals surface area contributed by atoms with Crippen molar-refractivity contribution in [3.05, 3.63) is 76.4 Å². The van der Waals surface area contributed by atoms with Crippen LogP contribution in [-0.4, -0.2) is 26.2 Å². The molecule has 2 aromatic carbocycles. The van der Waals surface area contributed by atoms with Gasteiger partial charge in [0.05, 0.1) is 18.2 Å². The molecule has 3 aliphatic rings. The van der Waals surface area contributed by atoms with E-state index in [1.54, 1.807) is 18.5 Å². The topological polar surface area (TPSA) is 86.8 Å². The van der Waals surface area contributed by atoms with Crippen molar-refractivity contribution >= 4 is 11.6 Å². The molecule has 2 heterocycles. The minimum absolute atomic E-state index is 0.00470. The van der Waals surface area contributed by atoms with Crippen molar-refractivity contribution in [2.24, 2.45) is 18.9 Å².